The van der Waals surface area contributed by atoms with Gasteiger partial charge >= 0.3 is 0 Å². The molecule has 18 heavy (non-hydrogen) atoms. The van der Waals surface area contributed by atoms with Crippen molar-refractivity contribution in [2.75, 3.05) is 19.3 Å². The number of nitrogens with two attached hydrogens (primary N) is 1. The molecular formula is C12H17ClN2O2S. The second kappa shape index (κ2) is 5.73. The molecule has 0 aliphatic rings. The summed E-state index contributed by atoms with van der Waals surface area (Å²) < 4.78 is 25.8. The molecule has 0 spiro atoms. The van der Waals surface area contributed by atoms with Crippen LogP contribution in [-0.2, 0) is 10.0 Å². The molecule has 0 radical (unpaired) electrons. The first kappa shape index (κ1) is 15.0. The van der Waals surface area contributed by atoms with Crippen LogP contribution in [-0.4, -0.2) is 26.3 Å². The van der Waals surface area contributed by atoms with Crippen molar-refractivity contribution in [1.29, 1.82) is 0 Å². The lowest BCUT2D eigenvalue weighted by molar-refractivity contribution is 0.475. The second-order valence-corrected chi connectivity index (χ2v) is 6.46. The minimum absolute atomic E-state index is 0.0406. The molecule has 0 saturated carbocycles. The van der Waals surface area contributed by atoms with Gasteiger partial charge in [0.25, 0.3) is 0 Å². The zero-order valence-electron chi connectivity index (χ0n) is 10.5. The van der Waals surface area contributed by atoms with Gasteiger partial charge < -0.3 is 5.73 Å². The number of benzene rings is 1. The first-order valence-electron chi connectivity index (χ1n) is 5.43. The van der Waals surface area contributed by atoms with E-state index in [-0.39, 0.29) is 9.92 Å². The summed E-state index contributed by atoms with van der Waals surface area (Å²) in [6.45, 7) is 5.70. The van der Waals surface area contributed by atoms with Crippen molar-refractivity contribution >= 4 is 27.3 Å². The molecule has 0 fully saturated rings. The van der Waals surface area contributed by atoms with E-state index in [2.05, 4.69) is 6.58 Å². The number of sulfonamides is 1. The average molecular weight is 289 g/mol. The monoisotopic (exact) mass is 288 g/mol. The Hall–Kier alpha value is -1.04. The van der Waals surface area contributed by atoms with Gasteiger partial charge in [0.05, 0.1) is 5.02 Å². The Morgan fingerprint density at radius 2 is 2.11 bits per heavy atom. The first-order chi connectivity index (χ1) is 8.30. The molecule has 0 aromatic heterocycles. The Labute approximate surface area is 113 Å². The fourth-order valence-electron chi connectivity index (χ4n) is 1.43. The number of hydrogen-bond acceptors (Lipinski definition) is 3. The van der Waals surface area contributed by atoms with Gasteiger partial charge in [0, 0.05) is 19.3 Å². The van der Waals surface area contributed by atoms with Crippen LogP contribution in [0.15, 0.2) is 29.7 Å². The zero-order valence-corrected chi connectivity index (χ0v) is 12.1. The molecule has 0 aliphatic heterocycles. The van der Waals surface area contributed by atoms with Gasteiger partial charge in [0.2, 0.25) is 10.0 Å². The summed E-state index contributed by atoms with van der Waals surface area (Å²) in [5.74, 6) is 0. The molecule has 0 saturated heterocycles. The van der Waals surface area contributed by atoms with E-state index in [1.54, 1.807) is 19.1 Å². The third-order valence-electron chi connectivity index (χ3n) is 2.66. The standard InChI is InChI=1S/C12H17ClN2O2S/c1-4-5-6-15(3)18(16,17)12-8-11(14)9(2)7-10(12)13/h4,7-8H,1,5-6,14H2,2-3H3. The van der Waals surface area contributed by atoms with Crippen molar-refractivity contribution in [2.45, 2.75) is 18.2 Å². The normalized spacial score (nSPS) is 11.8. The van der Waals surface area contributed by atoms with E-state index < -0.39 is 10.0 Å². The Morgan fingerprint density at radius 1 is 1.50 bits per heavy atom. The molecule has 100 valence electrons. The molecule has 4 nitrogen and oxygen atoms in total. The number of hydrogen-bond donors (Lipinski definition) is 1. The van der Waals surface area contributed by atoms with Crippen LogP contribution in [0.4, 0.5) is 5.69 Å². The predicted octanol–water partition coefficient (Wildman–Crippen LogP) is 2.43. The lowest BCUT2D eigenvalue weighted by Crippen LogP contribution is -2.28. The molecule has 2 N–H and O–H groups in total. The predicted molar refractivity (Wildman–Crippen MR) is 75.2 cm³/mol. The molecule has 1 aromatic carbocycles. The van der Waals surface area contributed by atoms with E-state index in [4.69, 9.17) is 17.3 Å². The molecule has 6 heteroatoms. The molecule has 0 amide bonds. The van der Waals surface area contributed by atoms with Crippen molar-refractivity contribution in [2.24, 2.45) is 0 Å². The van der Waals surface area contributed by atoms with Gasteiger partial charge in [-0.15, -0.1) is 6.58 Å². The number of rotatable bonds is 5. The average Bonchev–Trinajstić information content (AvgIpc) is 2.30. The third kappa shape index (κ3) is 3.04. The minimum atomic E-state index is -3.61. The largest absolute Gasteiger partial charge is 0.398 e. The Morgan fingerprint density at radius 3 is 2.67 bits per heavy atom. The maximum Gasteiger partial charge on any atom is 0.244 e. The van der Waals surface area contributed by atoms with Gasteiger partial charge in [0.1, 0.15) is 4.90 Å². The quantitative estimate of drug-likeness (QED) is 0.668. The summed E-state index contributed by atoms with van der Waals surface area (Å²) in [5, 5.41) is 0.187. The molecular weight excluding hydrogens is 272 g/mol. The van der Waals surface area contributed by atoms with Crippen molar-refractivity contribution < 1.29 is 8.42 Å². The smallest absolute Gasteiger partial charge is 0.244 e. The van der Waals surface area contributed by atoms with E-state index >= 15 is 0 Å². The van der Waals surface area contributed by atoms with Crippen LogP contribution < -0.4 is 5.73 Å². The maximum atomic E-state index is 12.3. The van der Waals surface area contributed by atoms with Crippen LogP contribution in [0.1, 0.15) is 12.0 Å². The van der Waals surface area contributed by atoms with Crippen molar-refractivity contribution in [1.82, 2.24) is 4.31 Å². The van der Waals surface area contributed by atoms with Crippen LogP contribution in [0.5, 0.6) is 0 Å². The Balaban J connectivity index is 3.20. The summed E-state index contributed by atoms with van der Waals surface area (Å²) in [4.78, 5) is 0.0406. The third-order valence-corrected chi connectivity index (χ3v) is 4.98. The molecule has 0 aliphatic carbocycles. The van der Waals surface area contributed by atoms with Crippen LogP contribution >= 0.6 is 11.6 Å². The van der Waals surface area contributed by atoms with E-state index in [0.717, 1.165) is 5.56 Å². The summed E-state index contributed by atoms with van der Waals surface area (Å²) >= 11 is 5.98. The van der Waals surface area contributed by atoms with E-state index in [1.807, 2.05) is 0 Å². The summed E-state index contributed by atoms with van der Waals surface area (Å²) in [7, 11) is -2.10. The minimum Gasteiger partial charge on any atom is -0.398 e. The number of nitrogen functional groups attached to an aromatic ring is 1. The highest BCUT2D eigenvalue weighted by Crippen LogP contribution is 2.28. The molecule has 0 atom stereocenters. The van der Waals surface area contributed by atoms with Gasteiger partial charge in [-0.05, 0) is 31.0 Å². The van der Waals surface area contributed by atoms with Crippen LogP contribution in [0.2, 0.25) is 5.02 Å². The highest BCUT2D eigenvalue weighted by molar-refractivity contribution is 7.89. The highest BCUT2D eigenvalue weighted by atomic mass is 35.5. The molecule has 1 aromatic rings. The van der Waals surface area contributed by atoms with E-state index in [0.29, 0.717) is 18.7 Å². The Bertz CT molecular complexity index is 555. The van der Waals surface area contributed by atoms with Gasteiger partial charge in [-0.25, -0.2) is 12.7 Å². The number of aryl methyl sites for hydroxylation is 1. The summed E-state index contributed by atoms with van der Waals surface area (Å²) in [6.07, 6.45) is 2.24. The SMILES string of the molecule is C=CCCN(C)S(=O)(=O)c1cc(N)c(C)cc1Cl. The van der Waals surface area contributed by atoms with E-state index in [9.17, 15) is 8.42 Å². The topological polar surface area (TPSA) is 63.4 Å². The molecule has 0 unspecified atom stereocenters. The highest BCUT2D eigenvalue weighted by Gasteiger charge is 2.23. The summed E-state index contributed by atoms with van der Waals surface area (Å²) in [5.41, 5.74) is 6.90. The number of halogens is 1. The number of nitrogens with zero attached hydrogens (tertiary/aromatic N) is 1. The molecule has 0 heterocycles. The second-order valence-electron chi connectivity index (χ2n) is 4.04. The fourth-order valence-corrected chi connectivity index (χ4v) is 3.20. The van der Waals surface area contributed by atoms with Crippen molar-refractivity contribution in [3.05, 3.63) is 35.4 Å². The van der Waals surface area contributed by atoms with Gasteiger partial charge in [0.15, 0.2) is 0 Å². The first-order valence-corrected chi connectivity index (χ1v) is 7.25. The van der Waals surface area contributed by atoms with Crippen LogP contribution in [0.3, 0.4) is 0 Å². The molecule has 1 rings (SSSR count). The zero-order chi connectivity index (χ0) is 13.9. The summed E-state index contributed by atoms with van der Waals surface area (Å²) in [6, 6.07) is 2.96. The van der Waals surface area contributed by atoms with E-state index in [1.165, 1.54) is 17.4 Å². The fraction of sp³-hybridized carbons (Fsp3) is 0.333. The van der Waals surface area contributed by atoms with Crippen molar-refractivity contribution in [3.63, 3.8) is 0 Å². The number of anilines is 1. The molecule has 0 bridgehead atoms. The van der Waals surface area contributed by atoms with Crippen LogP contribution in [0.25, 0.3) is 0 Å². The van der Waals surface area contributed by atoms with Crippen LogP contribution in [0, 0.1) is 6.92 Å². The maximum absolute atomic E-state index is 12.3. The van der Waals surface area contributed by atoms with Gasteiger partial charge in [-0.3, -0.25) is 0 Å². The lowest BCUT2D eigenvalue weighted by Gasteiger charge is -2.18. The van der Waals surface area contributed by atoms with Gasteiger partial charge in [-0.1, -0.05) is 17.7 Å². The van der Waals surface area contributed by atoms with Crippen molar-refractivity contribution in [3.8, 4) is 0 Å². The Kier molecular flexibility index (Phi) is 4.78. The van der Waals surface area contributed by atoms with Gasteiger partial charge in [-0.2, -0.15) is 0 Å². The lowest BCUT2D eigenvalue weighted by atomic mass is 10.2.